The molecular formula is C21H26N2O4. The summed E-state index contributed by atoms with van der Waals surface area (Å²) in [5, 5.41) is 0. The lowest BCUT2D eigenvalue weighted by atomic mass is 10.1. The molecule has 0 saturated heterocycles. The van der Waals surface area contributed by atoms with Crippen LogP contribution in [0.3, 0.4) is 0 Å². The predicted octanol–water partition coefficient (Wildman–Crippen LogP) is 2.91. The van der Waals surface area contributed by atoms with E-state index in [0.29, 0.717) is 11.5 Å². The van der Waals surface area contributed by atoms with Gasteiger partial charge >= 0.3 is 0 Å². The fraction of sp³-hybridized carbons (Fsp3) is 0.333. The number of hydrogen-bond donors (Lipinski definition) is 2. The lowest BCUT2D eigenvalue weighted by Crippen LogP contribution is -2.48. The van der Waals surface area contributed by atoms with Gasteiger partial charge in [-0.3, -0.25) is 20.4 Å². The molecule has 0 radical (unpaired) electrons. The Morgan fingerprint density at radius 3 is 2.22 bits per heavy atom. The number of amides is 2. The van der Waals surface area contributed by atoms with E-state index >= 15 is 0 Å². The first kappa shape index (κ1) is 20.3. The van der Waals surface area contributed by atoms with Crippen molar-refractivity contribution in [1.82, 2.24) is 10.9 Å². The number of benzene rings is 2. The molecule has 2 N–H and O–H groups in total. The predicted molar refractivity (Wildman–Crippen MR) is 104 cm³/mol. The number of nitrogens with one attached hydrogen (secondary N) is 2. The quantitative estimate of drug-likeness (QED) is 0.767. The average molecular weight is 370 g/mol. The summed E-state index contributed by atoms with van der Waals surface area (Å²) in [4.78, 5) is 24.0. The van der Waals surface area contributed by atoms with Crippen LogP contribution in [0, 0.1) is 27.7 Å². The largest absolute Gasteiger partial charge is 0.483 e. The van der Waals surface area contributed by atoms with Crippen LogP contribution in [0.1, 0.15) is 29.2 Å². The average Bonchev–Trinajstić information content (AvgIpc) is 2.62. The molecule has 6 heteroatoms. The maximum Gasteiger partial charge on any atom is 0.279 e. The van der Waals surface area contributed by atoms with Crippen LogP contribution in [0.2, 0.25) is 0 Å². The van der Waals surface area contributed by atoms with Gasteiger partial charge in [-0.25, -0.2) is 0 Å². The highest BCUT2D eigenvalue weighted by atomic mass is 16.5. The summed E-state index contributed by atoms with van der Waals surface area (Å²) in [5.74, 6) is 0.369. The van der Waals surface area contributed by atoms with Crippen LogP contribution in [0.15, 0.2) is 36.4 Å². The molecule has 2 aromatic rings. The monoisotopic (exact) mass is 370 g/mol. The molecule has 0 saturated carbocycles. The van der Waals surface area contributed by atoms with Crippen molar-refractivity contribution in [3.8, 4) is 11.5 Å². The van der Waals surface area contributed by atoms with E-state index < -0.39 is 17.9 Å². The molecule has 1 atom stereocenters. The summed E-state index contributed by atoms with van der Waals surface area (Å²) < 4.78 is 11.2. The lowest BCUT2D eigenvalue weighted by Gasteiger charge is -2.16. The van der Waals surface area contributed by atoms with E-state index in [1.807, 2.05) is 64.1 Å². The summed E-state index contributed by atoms with van der Waals surface area (Å²) in [6.45, 7) is 9.22. The number of aryl methyl sites for hydroxylation is 4. The summed E-state index contributed by atoms with van der Waals surface area (Å²) >= 11 is 0. The molecule has 0 heterocycles. The van der Waals surface area contributed by atoms with Gasteiger partial charge in [0.15, 0.2) is 12.7 Å². The first-order valence-electron chi connectivity index (χ1n) is 8.79. The molecule has 0 spiro atoms. The highest BCUT2D eigenvalue weighted by molar-refractivity contribution is 5.85. The first-order valence-corrected chi connectivity index (χ1v) is 8.79. The fourth-order valence-electron chi connectivity index (χ4n) is 2.48. The standard InChI is InChI=1S/C21H26N2O4/c1-13-9-10-18(11-16(13)4)27-17(5)21(25)23-22-19(24)12-26-20-14(2)7-6-8-15(20)3/h6-11,17H,12H2,1-5H3,(H,22,24)(H,23,25). The third kappa shape index (κ3) is 5.74. The normalized spacial score (nSPS) is 11.4. The van der Waals surface area contributed by atoms with Crippen molar-refractivity contribution >= 4 is 11.8 Å². The molecule has 144 valence electrons. The second-order valence-electron chi connectivity index (χ2n) is 6.55. The molecule has 0 bridgehead atoms. The number of para-hydroxylation sites is 1. The third-order valence-electron chi connectivity index (χ3n) is 4.24. The molecule has 1 unspecified atom stereocenters. The van der Waals surface area contributed by atoms with Gasteiger partial charge in [-0.1, -0.05) is 24.3 Å². The minimum absolute atomic E-state index is 0.196. The molecule has 0 aromatic heterocycles. The molecule has 0 aliphatic carbocycles. The minimum Gasteiger partial charge on any atom is -0.483 e. The number of hydrogen-bond acceptors (Lipinski definition) is 4. The number of carbonyl (C=O) groups is 2. The highest BCUT2D eigenvalue weighted by Crippen LogP contribution is 2.22. The summed E-state index contributed by atoms with van der Waals surface area (Å²) in [6, 6.07) is 11.4. The minimum atomic E-state index is -0.757. The smallest absolute Gasteiger partial charge is 0.279 e. The van der Waals surface area contributed by atoms with Crippen molar-refractivity contribution in [2.45, 2.75) is 40.7 Å². The Kier molecular flexibility index (Phi) is 6.82. The van der Waals surface area contributed by atoms with E-state index in [4.69, 9.17) is 9.47 Å². The lowest BCUT2D eigenvalue weighted by molar-refractivity contribution is -0.133. The molecule has 2 amide bonds. The molecule has 0 fully saturated rings. The van der Waals surface area contributed by atoms with E-state index in [1.54, 1.807) is 6.92 Å². The highest BCUT2D eigenvalue weighted by Gasteiger charge is 2.16. The number of ether oxygens (including phenoxy) is 2. The zero-order chi connectivity index (χ0) is 20.0. The van der Waals surface area contributed by atoms with Gasteiger partial charge in [0, 0.05) is 0 Å². The molecule has 0 aliphatic heterocycles. The van der Waals surface area contributed by atoms with Crippen LogP contribution >= 0.6 is 0 Å². The van der Waals surface area contributed by atoms with Gasteiger partial charge < -0.3 is 9.47 Å². The van der Waals surface area contributed by atoms with Crippen molar-refractivity contribution in [2.24, 2.45) is 0 Å². The first-order chi connectivity index (χ1) is 12.8. The molecule has 2 aromatic carbocycles. The van der Waals surface area contributed by atoms with Gasteiger partial charge in [0.1, 0.15) is 11.5 Å². The number of rotatable bonds is 6. The van der Waals surface area contributed by atoms with Crippen molar-refractivity contribution in [3.05, 3.63) is 58.7 Å². The Labute approximate surface area is 159 Å². The summed E-state index contributed by atoms with van der Waals surface area (Å²) in [6.07, 6.45) is -0.757. The van der Waals surface area contributed by atoms with E-state index in [1.165, 1.54) is 0 Å². The van der Waals surface area contributed by atoms with Gasteiger partial charge in [0.2, 0.25) is 0 Å². The SMILES string of the molecule is Cc1ccc(OC(C)C(=O)NNC(=O)COc2c(C)cccc2C)cc1C. The Morgan fingerprint density at radius 2 is 1.59 bits per heavy atom. The Balaban J connectivity index is 1.80. The van der Waals surface area contributed by atoms with Gasteiger partial charge in [-0.15, -0.1) is 0 Å². The van der Waals surface area contributed by atoms with Crippen LogP contribution in [-0.2, 0) is 9.59 Å². The topological polar surface area (TPSA) is 76.7 Å². The third-order valence-corrected chi connectivity index (χ3v) is 4.24. The van der Waals surface area contributed by atoms with Crippen LogP contribution in [-0.4, -0.2) is 24.5 Å². The van der Waals surface area contributed by atoms with Crippen LogP contribution in [0.5, 0.6) is 11.5 Å². The number of hydrazine groups is 1. The maximum absolute atomic E-state index is 12.1. The van der Waals surface area contributed by atoms with Crippen LogP contribution < -0.4 is 20.3 Å². The Hall–Kier alpha value is -3.02. The summed E-state index contributed by atoms with van der Waals surface area (Å²) in [5.41, 5.74) is 8.81. The second kappa shape index (κ2) is 9.07. The van der Waals surface area contributed by atoms with Crippen LogP contribution in [0.25, 0.3) is 0 Å². The molecule has 6 nitrogen and oxygen atoms in total. The summed E-state index contributed by atoms with van der Waals surface area (Å²) in [7, 11) is 0. The fourth-order valence-corrected chi connectivity index (χ4v) is 2.48. The van der Waals surface area contributed by atoms with Gasteiger partial charge in [0.05, 0.1) is 0 Å². The van der Waals surface area contributed by atoms with Gasteiger partial charge in [-0.05, 0) is 69.0 Å². The zero-order valence-electron chi connectivity index (χ0n) is 16.4. The van der Waals surface area contributed by atoms with E-state index in [2.05, 4.69) is 10.9 Å². The van der Waals surface area contributed by atoms with Crippen LogP contribution in [0.4, 0.5) is 0 Å². The maximum atomic E-state index is 12.1. The molecular weight excluding hydrogens is 344 g/mol. The van der Waals surface area contributed by atoms with Crippen molar-refractivity contribution in [3.63, 3.8) is 0 Å². The molecule has 2 rings (SSSR count). The van der Waals surface area contributed by atoms with Gasteiger partial charge in [-0.2, -0.15) is 0 Å². The molecule has 27 heavy (non-hydrogen) atoms. The second-order valence-corrected chi connectivity index (χ2v) is 6.55. The van der Waals surface area contributed by atoms with Crippen molar-refractivity contribution in [2.75, 3.05) is 6.61 Å². The van der Waals surface area contributed by atoms with E-state index in [9.17, 15) is 9.59 Å². The zero-order valence-corrected chi connectivity index (χ0v) is 16.4. The van der Waals surface area contributed by atoms with Crippen molar-refractivity contribution in [1.29, 1.82) is 0 Å². The number of carbonyl (C=O) groups excluding carboxylic acids is 2. The molecule has 0 aliphatic rings. The van der Waals surface area contributed by atoms with E-state index in [-0.39, 0.29) is 6.61 Å². The van der Waals surface area contributed by atoms with E-state index in [0.717, 1.165) is 22.3 Å². The van der Waals surface area contributed by atoms with Gasteiger partial charge in [0.25, 0.3) is 11.8 Å². The Morgan fingerprint density at radius 1 is 0.926 bits per heavy atom. The van der Waals surface area contributed by atoms with Crippen molar-refractivity contribution < 1.29 is 19.1 Å². The Bertz CT molecular complexity index is 813.